The number of methoxy groups -OCH3 is 1. The number of anilines is 2. The molecule has 0 saturated heterocycles. The Balaban J connectivity index is 2.57. The van der Waals surface area contributed by atoms with Crippen molar-refractivity contribution in [3.63, 3.8) is 0 Å². The summed E-state index contributed by atoms with van der Waals surface area (Å²) in [5.74, 6) is -0.277. The minimum absolute atomic E-state index is 0.277. The number of hydrogen-bond donors (Lipinski definition) is 1. The predicted octanol–water partition coefficient (Wildman–Crippen LogP) is 2.10. The number of halogens is 1. The summed E-state index contributed by atoms with van der Waals surface area (Å²) in [5, 5.41) is 3.18. The Bertz CT molecular complexity index is 383. The summed E-state index contributed by atoms with van der Waals surface area (Å²) < 4.78 is 4.63. The van der Waals surface area contributed by atoms with Crippen molar-refractivity contribution in [3.05, 3.63) is 24.3 Å². The van der Waals surface area contributed by atoms with Crippen LogP contribution in [0.15, 0.2) is 24.3 Å². The lowest BCUT2D eigenvalue weighted by Crippen LogP contribution is -2.24. The van der Waals surface area contributed by atoms with Gasteiger partial charge in [0.25, 0.3) is 0 Å². The maximum atomic E-state index is 11.2. The average Bonchev–Trinajstić information content (AvgIpc) is 2.35. The third-order valence-electron chi connectivity index (χ3n) is 2.30. The maximum absolute atomic E-state index is 11.2. The summed E-state index contributed by atoms with van der Waals surface area (Å²) >= 11 is 3.26. The summed E-state index contributed by atoms with van der Waals surface area (Å²) in [5.41, 5.74) is 2.09. The largest absolute Gasteiger partial charge is 0.468 e. The van der Waals surface area contributed by atoms with Gasteiger partial charge in [0.2, 0.25) is 0 Å². The number of esters is 1. The molecule has 0 spiro atoms. The van der Waals surface area contributed by atoms with E-state index in [4.69, 9.17) is 0 Å². The lowest BCUT2D eigenvalue weighted by Gasteiger charge is -2.15. The number of benzene rings is 1. The number of ether oxygens (including phenoxy) is 1. The Labute approximate surface area is 110 Å². The average molecular weight is 301 g/mol. The van der Waals surface area contributed by atoms with Crippen LogP contribution in [0.3, 0.4) is 0 Å². The quantitative estimate of drug-likeness (QED) is 0.668. The fraction of sp³-hybridized carbons (Fsp3) is 0.417. The molecule has 17 heavy (non-hydrogen) atoms. The zero-order chi connectivity index (χ0) is 12.8. The van der Waals surface area contributed by atoms with E-state index in [1.54, 1.807) is 0 Å². The second-order valence-electron chi connectivity index (χ2n) is 3.82. The third-order valence-corrected chi connectivity index (χ3v) is 3.00. The molecule has 94 valence electrons. The van der Waals surface area contributed by atoms with Gasteiger partial charge in [-0.3, -0.25) is 4.79 Å². The van der Waals surface area contributed by atoms with Crippen molar-refractivity contribution in [2.24, 2.45) is 0 Å². The van der Waals surface area contributed by atoms with Gasteiger partial charge in [-0.25, -0.2) is 0 Å². The van der Waals surface area contributed by atoms with Gasteiger partial charge in [0.15, 0.2) is 0 Å². The number of nitrogens with one attached hydrogen (secondary N) is 1. The molecule has 0 heterocycles. The van der Waals surface area contributed by atoms with E-state index in [1.165, 1.54) is 7.11 Å². The molecule has 5 heteroatoms. The van der Waals surface area contributed by atoms with Crippen molar-refractivity contribution in [3.8, 4) is 0 Å². The Morgan fingerprint density at radius 3 is 2.82 bits per heavy atom. The van der Waals surface area contributed by atoms with E-state index in [0.29, 0.717) is 6.54 Å². The van der Waals surface area contributed by atoms with Crippen LogP contribution < -0.4 is 10.2 Å². The normalized spacial score (nSPS) is 11.8. The molecule has 0 radical (unpaired) electrons. The maximum Gasteiger partial charge on any atom is 0.321 e. The zero-order valence-corrected chi connectivity index (χ0v) is 11.8. The van der Waals surface area contributed by atoms with Gasteiger partial charge in [-0.05, 0) is 18.2 Å². The summed E-state index contributed by atoms with van der Waals surface area (Å²) in [6.45, 7) is 0.490. The highest BCUT2D eigenvalue weighted by Gasteiger charge is 2.14. The number of rotatable bonds is 5. The van der Waals surface area contributed by atoms with Crippen LogP contribution in [-0.4, -0.2) is 38.5 Å². The third kappa shape index (κ3) is 4.26. The molecule has 1 rings (SSSR count). The minimum atomic E-state index is -0.337. The van der Waals surface area contributed by atoms with Crippen molar-refractivity contribution in [1.82, 2.24) is 0 Å². The Morgan fingerprint density at radius 1 is 1.53 bits per heavy atom. The number of nitrogens with zero attached hydrogens (tertiary/aromatic N) is 1. The van der Waals surface area contributed by atoms with E-state index < -0.39 is 0 Å². The molecule has 0 aliphatic rings. The summed E-state index contributed by atoms with van der Waals surface area (Å²) in [6, 6.07) is 7.98. The minimum Gasteiger partial charge on any atom is -0.468 e. The summed E-state index contributed by atoms with van der Waals surface area (Å²) in [4.78, 5) is 12.9. The van der Waals surface area contributed by atoms with Crippen molar-refractivity contribution < 1.29 is 9.53 Å². The fourth-order valence-electron chi connectivity index (χ4n) is 1.31. The van der Waals surface area contributed by atoms with Crippen molar-refractivity contribution in [2.45, 2.75) is 4.83 Å². The highest BCUT2D eigenvalue weighted by Crippen LogP contribution is 2.17. The molecule has 1 aromatic rings. The molecular formula is C12H17BrN2O2. The highest BCUT2D eigenvalue weighted by molar-refractivity contribution is 9.10. The van der Waals surface area contributed by atoms with Crippen LogP contribution >= 0.6 is 15.9 Å². The van der Waals surface area contributed by atoms with Crippen LogP contribution in [0.1, 0.15) is 0 Å². The van der Waals surface area contributed by atoms with Gasteiger partial charge in [-0.2, -0.15) is 0 Å². The van der Waals surface area contributed by atoms with Crippen LogP contribution in [0, 0.1) is 0 Å². The molecule has 0 aliphatic heterocycles. The van der Waals surface area contributed by atoms with E-state index in [-0.39, 0.29) is 10.8 Å². The summed E-state index contributed by atoms with van der Waals surface area (Å²) in [7, 11) is 5.35. The molecule has 0 amide bonds. The zero-order valence-electron chi connectivity index (χ0n) is 10.2. The second kappa shape index (κ2) is 6.49. The number of hydrogen-bond acceptors (Lipinski definition) is 4. The van der Waals surface area contributed by atoms with Gasteiger partial charge >= 0.3 is 5.97 Å². The summed E-state index contributed by atoms with van der Waals surface area (Å²) in [6.07, 6.45) is 0. The van der Waals surface area contributed by atoms with Gasteiger partial charge in [0, 0.05) is 32.0 Å². The molecule has 1 unspecified atom stereocenters. The standard InChI is InChI=1S/C12H17BrN2O2/c1-15(2)10-6-4-5-9(7-10)14-8-11(13)12(16)17-3/h4-7,11,14H,8H2,1-3H3. The first-order chi connectivity index (χ1) is 8.04. The van der Waals surface area contributed by atoms with Crippen molar-refractivity contribution in [1.29, 1.82) is 0 Å². The van der Waals surface area contributed by atoms with Gasteiger partial charge < -0.3 is 15.0 Å². The fourth-order valence-corrected chi connectivity index (χ4v) is 1.66. The van der Waals surface area contributed by atoms with Crippen LogP contribution in [0.25, 0.3) is 0 Å². The van der Waals surface area contributed by atoms with Crippen molar-refractivity contribution >= 4 is 33.3 Å². The number of carbonyl (C=O) groups excluding carboxylic acids is 1. The molecule has 0 fully saturated rings. The molecule has 1 aromatic carbocycles. The molecule has 0 saturated carbocycles. The molecular weight excluding hydrogens is 284 g/mol. The van der Waals surface area contributed by atoms with Crippen LogP contribution in [-0.2, 0) is 9.53 Å². The highest BCUT2D eigenvalue weighted by atomic mass is 79.9. The van der Waals surface area contributed by atoms with E-state index in [0.717, 1.165) is 11.4 Å². The molecule has 4 nitrogen and oxygen atoms in total. The first kappa shape index (κ1) is 13.8. The topological polar surface area (TPSA) is 41.6 Å². The second-order valence-corrected chi connectivity index (χ2v) is 4.92. The first-order valence-corrected chi connectivity index (χ1v) is 6.19. The SMILES string of the molecule is COC(=O)C(Br)CNc1cccc(N(C)C)c1. The molecule has 1 atom stereocenters. The van der Waals surface area contributed by atoms with Gasteiger partial charge in [-0.15, -0.1) is 0 Å². The molecule has 0 aromatic heterocycles. The monoisotopic (exact) mass is 300 g/mol. The lowest BCUT2D eigenvalue weighted by molar-refractivity contribution is -0.139. The van der Waals surface area contributed by atoms with Crippen LogP contribution in [0.4, 0.5) is 11.4 Å². The van der Waals surface area contributed by atoms with Gasteiger partial charge in [0.05, 0.1) is 7.11 Å². The molecule has 1 N–H and O–H groups in total. The number of alkyl halides is 1. The van der Waals surface area contributed by atoms with Crippen molar-refractivity contribution in [2.75, 3.05) is 38.0 Å². The van der Waals surface area contributed by atoms with E-state index in [2.05, 4.69) is 26.0 Å². The molecule has 0 aliphatic carbocycles. The smallest absolute Gasteiger partial charge is 0.321 e. The van der Waals surface area contributed by atoms with E-state index >= 15 is 0 Å². The van der Waals surface area contributed by atoms with Crippen LogP contribution in [0.5, 0.6) is 0 Å². The van der Waals surface area contributed by atoms with Gasteiger partial charge in [-0.1, -0.05) is 22.0 Å². The Morgan fingerprint density at radius 2 is 2.24 bits per heavy atom. The number of carbonyl (C=O) groups is 1. The van der Waals surface area contributed by atoms with E-state index in [9.17, 15) is 4.79 Å². The Hall–Kier alpha value is -1.23. The first-order valence-electron chi connectivity index (χ1n) is 5.27. The predicted molar refractivity (Wildman–Crippen MR) is 74.0 cm³/mol. The lowest BCUT2D eigenvalue weighted by atomic mass is 10.2. The van der Waals surface area contributed by atoms with Crippen LogP contribution in [0.2, 0.25) is 0 Å². The van der Waals surface area contributed by atoms with Gasteiger partial charge in [0.1, 0.15) is 4.83 Å². The Kier molecular flexibility index (Phi) is 5.28. The van der Waals surface area contributed by atoms with E-state index in [1.807, 2.05) is 43.3 Å². The molecule has 0 bridgehead atoms.